The monoisotopic (exact) mass is 348 g/mol. The lowest BCUT2D eigenvalue weighted by molar-refractivity contribution is -0.127. The van der Waals surface area contributed by atoms with Gasteiger partial charge in [0.25, 0.3) is 0 Å². The average Bonchev–Trinajstić information content (AvgIpc) is 3.06. The maximum absolute atomic E-state index is 12.2. The maximum atomic E-state index is 12.2. The molecule has 0 radical (unpaired) electrons. The molecule has 2 heterocycles. The minimum absolute atomic E-state index is 0.0507. The standard InChI is InChI=1S/C19H32N4O2/c1-13-7-5-6-8-17(13)25-10-9-20-16-11-18(24)22(3)19(16)15-12-21-23(4)14(15)2/h12-13,16-17,19-20H,5-11H2,1-4H3/t13-,16-,17-,19+/m1/s1. The highest BCUT2D eigenvalue weighted by Gasteiger charge is 2.39. The van der Waals surface area contributed by atoms with Gasteiger partial charge in [-0.15, -0.1) is 0 Å². The number of carbonyl (C=O) groups excluding carboxylic acids is 1. The van der Waals surface area contributed by atoms with Crippen LogP contribution in [0.4, 0.5) is 0 Å². The van der Waals surface area contributed by atoms with Crippen LogP contribution in [0.1, 0.15) is 56.3 Å². The van der Waals surface area contributed by atoms with Crippen LogP contribution < -0.4 is 5.32 Å². The largest absolute Gasteiger partial charge is 0.377 e. The number of hydrogen-bond acceptors (Lipinski definition) is 4. The predicted octanol–water partition coefficient (Wildman–Crippen LogP) is 2.19. The van der Waals surface area contributed by atoms with Crippen LogP contribution in [0.15, 0.2) is 6.20 Å². The van der Waals surface area contributed by atoms with Crippen molar-refractivity contribution in [3.8, 4) is 0 Å². The molecule has 1 amide bonds. The van der Waals surface area contributed by atoms with Gasteiger partial charge >= 0.3 is 0 Å². The van der Waals surface area contributed by atoms with Crippen LogP contribution >= 0.6 is 0 Å². The van der Waals surface area contributed by atoms with Gasteiger partial charge in [0.2, 0.25) is 5.91 Å². The van der Waals surface area contributed by atoms with E-state index < -0.39 is 0 Å². The Morgan fingerprint density at radius 3 is 2.76 bits per heavy atom. The number of rotatable bonds is 6. The smallest absolute Gasteiger partial charge is 0.224 e. The second kappa shape index (κ2) is 7.87. The summed E-state index contributed by atoms with van der Waals surface area (Å²) < 4.78 is 7.97. The number of hydrogen-bond donors (Lipinski definition) is 1. The zero-order valence-corrected chi connectivity index (χ0v) is 16.0. The highest BCUT2D eigenvalue weighted by atomic mass is 16.5. The van der Waals surface area contributed by atoms with Gasteiger partial charge in [0.05, 0.1) is 24.9 Å². The highest BCUT2D eigenvalue weighted by Crippen LogP contribution is 2.33. The van der Waals surface area contributed by atoms with Crippen molar-refractivity contribution in [2.75, 3.05) is 20.2 Å². The molecule has 6 heteroatoms. The van der Waals surface area contributed by atoms with Crippen LogP contribution in [-0.4, -0.2) is 52.9 Å². The molecule has 1 N–H and O–H groups in total. The third-order valence-electron chi connectivity index (χ3n) is 6.05. The second-order valence-electron chi connectivity index (χ2n) is 7.69. The van der Waals surface area contributed by atoms with Gasteiger partial charge in [-0.1, -0.05) is 19.8 Å². The highest BCUT2D eigenvalue weighted by molar-refractivity contribution is 5.80. The first-order chi connectivity index (χ1) is 12.0. The summed E-state index contributed by atoms with van der Waals surface area (Å²) in [7, 11) is 3.83. The lowest BCUT2D eigenvalue weighted by atomic mass is 9.88. The van der Waals surface area contributed by atoms with Gasteiger partial charge in [-0.05, 0) is 25.7 Å². The zero-order valence-electron chi connectivity index (χ0n) is 16.0. The van der Waals surface area contributed by atoms with Crippen LogP contribution in [0.2, 0.25) is 0 Å². The third-order valence-corrected chi connectivity index (χ3v) is 6.05. The van der Waals surface area contributed by atoms with E-state index >= 15 is 0 Å². The molecule has 1 aliphatic carbocycles. The van der Waals surface area contributed by atoms with E-state index in [1.165, 1.54) is 25.7 Å². The van der Waals surface area contributed by atoms with Crippen LogP contribution in [0, 0.1) is 12.8 Å². The summed E-state index contributed by atoms with van der Waals surface area (Å²) in [5, 5.41) is 7.90. The molecule has 6 nitrogen and oxygen atoms in total. The van der Waals surface area contributed by atoms with Crippen LogP contribution in [0.5, 0.6) is 0 Å². The van der Waals surface area contributed by atoms with Gasteiger partial charge < -0.3 is 15.0 Å². The molecule has 2 aliphatic rings. The summed E-state index contributed by atoms with van der Waals surface area (Å²) in [4.78, 5) is 14.1. The van der Waals surface area contributed by atoms with Crippen molar-refractivity contribution in [3.05, 3.63) is 17.5 Å². The van der Waals surface area contributed by atoms with E-state index in [2.05, 4.69) is 24.3 Å². The summed E-state index contributed by atoms with van der Waals surface area (Å²) >= 11 is 0. The zero-order chi connectivity index (χ0) is 18.0. The fourth-order valence-electron chi connectivity index (χ4n) is 4.27. The summed E-state index contributed by atoms with van der Waals surface area (Å²) in [6.07, 6.45) is 7.92. The molecule has 140 valence electrons. The van der Waals surface area contributed by atoms with Crippen LogP contribution in [-0.2, 0) is 16.6 Å². The first-order valence-electron chi connectivity index (χ1n) is 9.58. The van der Waals surface area contributed by atoms with Crippen molar-refractivity contribution in [2.24, 2.45) is 13.0 Å². The van der Waals surface area contributed by atoms with Gasteiger partial charge in [-0.25, -0.2) is 0 Å². The van der Waals surface area contributed by atoms with Crippen molar-refractivity contribution >= 4 is 5.91 Å². The number of aryl methyl sites for hydroxylation is 1. The van der Waals surface area contributed by atoms with E-state index in [4.69, 9.17) is 4.74 Å². The lowest BCUT2D eigenvalue weighted by Crippen LogP contribution is -2.38. The fraction of sp³-hybridized carbons (Fsp3) is 0.789. The van der Waals surface area contributed by atoms with E-state index in [1.54, 1.807) is 0 Å². The predicted molar refractivity (Wildman–Crippen MR) is 97.2 cm³/mol. The van der Waals surface area contributed by atoms with Gasteiger partial charge in [-0.3, -0.25) is 9.48 Å². The molecule has 25 heavy (non-hydrogen) atoms. The first-order valence-corrected chi connectivity index (χ1v) is 9.58. The molecule has 2 fully saturated rings. The third kappa shape index (κ3) is 3.90. The van der Waals surface area contributed by atoms with Crippen molar-refractivity contribution in [1.29, 1.82) is 0 Å². The number of likely N-dealkylation sites (N-methyl/N-ethyl adjacent to an activating group) is 1. The van der Waals surface area contributed by atoms with Crippen molar-refractivity contribution < 1.29 is 9.53 Å². The molecule has 4 atom stereocenters. The molecule has 1 saturated heterocycles. The molecule has 1 aromatic heterocycles. The average molecular weight is 348 g/mol. The summed E-state index contributed by atoms with van der Waals surface area (Å²) in [5.74, 6) is 0.853. The first kappa shape index (κ1) is 18.4. The summed E-state index contributed by atoms with van der Waals surface area (Å²) in [6, 6.07) is 0.169. The van der Waals surface area contributed by atoms with E-state index in [0.717, 1.165) is 17.8 Å². The van der Waals surface area contributed by atoms with Gasteiger partial charge in [0.1, 0.15) is 0 Å². The van der Waals surface area contributed by atoms with Crippen molar-refractivity contribution in [2.45, 2.75) is 64.1 Å². The molecular formula is C19H32N4O2. The Kier molecular flexibility index (Phi) is 5.79. The quantitative estimate of drug-likeness (QED) is 0.801. The Morgan fingerprint density at radius 1 is 1.32 bits per heavy atom. The minimum atomic E-state index is 0.0507. The number of likely N-dealkylation sites (tertiary alicyclic amines) is 1. The van der Waals surface area contributed by atoms with E-state index in [9.17, 15) is 4.79 Å². The normalized spacial score (nSPS) is 30.2. The summed E-state index contributed by atoms with van der Waals surface area (Å²) in [6.45, 7) is 5.85. The molecule has 0 aromatic carbocycles. The molecule has 1 aliphatic heterocycles. The van der Waals surface area contributed by atoms with Gasteiger partial charge in [-0.2, -0.15) is 5.10 Å². The Labute approximate surface area is 150 Å². The van der Waals surface area contributed by atoms with Crippen LogP contribution in [0.3, 0.4) is 0 Å². The molecule has 1 aromatic rings. The SMILES string of the molecule is Cc1c([C@H]2[C@H](NCCO[C@@H]3CCCC[C@H]3C)CC(=O)N2C)cnn1C. The molecular weight excluding hydrogens is 316 g/mol. The van der Waals surface area contributed by atoms with Gasteiger partial charge in [0, 0.05) is 44.4 Å². The Bertz CT molecular complexity index is 600. The van der Waals surface area contributed by atoms with Crippen molar-refractivity contribution in [1.82, 2.24) is 20.0 Å². The lowest BCUT2D eigenvalue weighted by Gasteiger charge is -2.29. The number of nitrogens with one attached hydrogen (secondary N) is 1. The minimum Gasteiger partial charge on any atom is -0.377 e. The second-order valence-corrected chi connectivity index (χ2v) is 7.69. The van der Waals surface area contributed by atoms with Crippen LogP contribution in [0.25, 0.3) is 0 Å². The number of nitrogens with zero attached hydrogens (tertiary/aromatic N) is 3. The van der Waals surface area contributed by atoms with Gasteiger partial charge in [0.15, 0.2) is 0 Å². The number of aromatic nitrogens is 2. The molecule has 3 rings (SSSR count). The van der Waals surface area contributed by atoms with E-state index in [-0.39, 0.29) is 18.0 Å². The Hall–Kier alpha value is -1.40. The van der Waals surface area contributed by atoms with Crippen molar-refractivity contribution in [3.63, 3.8) is 0 Å². The fourth-order valence-corrected chi connectivity index (χ4v) is 4.27. The maximum Gasteiger partial charge on any atom is 0.224 e. The molecule has 0 spiro atoms. The van der Waals surface area contributed by atoms with E-state index in [0.29, 0.717) is 25.0 Å². The number of carbonyl (C=O) groups is 1. The number of ether oxygens (including phenoxy) is 1. The molecule has 0 unspecified atom stereocenters. The molecule has 0 bridgehead atoms. The Morgan fingerprint density at radius 2 is 2.08 bits per heavy atom. The summed E-state index contributed by atoms with van der Waals surface area (Å²) in [5.41, 5.74) is 2.25. The number of amides is 1. The van der Waals surface area contributed by atoms with E-state index in [1.807, 2.05) is 29.9 Å². The molecule has 1 saturated carbocycles. The Balaban J connectivity index is 1.55. The topological polar surface area (TPSA) is 59.4 Å².